The molecule has 0 spiro atoms. The average molecular weight is 292 g/mol. The summed E-state index contributed by atoms with van der Waals surface area (Å²) in [6, 6.07) is 3.59. The number of thiophene rings is 1. The van der Waals surface area contributed by atoms with Crippen molar-refractivity contribution in [3.8, 4) is 0 Å². The molecule has 110 valence electrons. The van der Waals surface area contributed by atoms with Crippen LogP contribution in [-0.4, -0.2) is 54.7 Å². The van der Waals surface area contributed by atoms with E-state index in [0.717, 1.165) is 31.7 Å². The maximum atomic E-state index is 5.89. The third kappa shape index (κ3) is 2.54. The Kier molecular flexibility index (Phi) is 3.59. The van der Waals surface area contributed by atoms with Gasteiger partial charge in [0.25, 0.3) is 0 Å². The SMILES string of the molecule is Cc1ccsc1CN1CCN2[C@@H](COC[C@@H]2C2CC2)C1. The molecule has 0 aromatic carbocycles. The molecular weight excluding hydrogens is 268 g/mol. The van der Waals surface area contributed by atoms with Crippen molar-refractivity contribution in [3.63, 3.8) is 0 Å². The zero-order valence-corrected chi connectivity index (χ0v) is 13.1. The van der Waals surface area contributed by atoms with Crippen LogP contribution in [0.5, 0.6) is 0 Å². The average Bonchev–Trinajstić information content (AvgIpc) is 3.23. The Bertz CT molecular complexity index is 471. The Hall–Kier alpha value is -0.420. The Labute approximate surface area is 125 Å². The van der Waals surface area contributed by atoms with E-state index in [4.69, 9.17) is 4.74 Å². The van der Waals surface area contributed by atoms with E-state index < -0.39 is 0 Å². The molecule has 4 heteroatoms. The van der Waals surface area contributed by atoms with Crippen LogP contribution in [-0.2, 0) is 11.3 Å². The molecule has 3 heterocycles. The Balaban J connectivity index is 1.40. The van der Waals surface area contributed by atoms with Crippen LogP contribution in [0.1, 0.15) is 23.3 Å². The largest absolute Gasteiger partial charge is 0.378 e. The lowest BCUT2D eigenvalue weighted by molar-refractivity contribution is -0.0879. The molecule has 20 heavy (non-hydrogen) atoms. The van der Waals surface area contributed by atoms with Gasteiger partial charge in [-0.2, -0.15) is 0 Å². The van der Waals surface area contributed by atoms with Gasteiger partial charge in [0.05, 0.1) is 13.2 Å². The summed E-state index contributed by atoms with van der Waals surface area (Å²) < 4.78 is 5.89. The first-order chi connectivity index (χ1) is 9.81. The Morgan fingerprint density at radius 2 is 2.20 bits per heavy atom. The fourth-order valence-electron chi connectivity index (χ4n) is 3.74. The monoisotopic (exact) mass is 292 g/mol. The van der Waals surface area contributed by atoms with Gasteiger partial charge < -0.3 is 4.74 Å². The van der Waals surface area contributed by atoms with Gasteiger partial charge in [0.2, 0.25) is 0 Å². The van der Waals surface area contributed by atoms with Gasteiger partial charge in [0.1, 0.15) is 0 Å². The van der Waals surface area contributed by atoms with Gasteiger partial charge in [-0.1, -0.05) is 0 Å². The van der Waals surface area contributed by atoms with E-state index in [0.29, 0.717) is 6.04 Å². The minimum atomic E-state index is 0.628. The Morgan fingerprint density at radius 1 is 1.30 bits per heavy atom. The minimum Gasteiger partial charge on any atom is -0.378 e. The standard InChI is InChI=1S/C16H24N2OS/c1-12-4-7-20-16(12)9-17-5-6-18-14(8-17)10-19-11-15(18)13-2-3-13/h4,7,13-15H,2-3,5-6,8-11H2,1H3/t14-,15-/m1/s1. The molecule has 3 nitrogen and oxygen atoms in total. The summed E-state index contributed by atoms with van der Waals surface area (Å²) >= 11 is 1.90. The minimum absolute atomic E-state index is 0.628. The molecule has 1 aromatic rings. The third-order valence-electron chi connectivity index (χ3n) is 5.14. The van der Waals surface area contributed by atoms with Gasteiger partial charge >= 0.3 is 0 Å². The molecule has 0 N–H and O–H groups in total. The van der Waals surface area contributed by atoms with Crippen LogP contribution in [0.25, 0.3) is 0 Å². The highest BCUT2D eigenvalue weighted by molar-refractivity contribution is 7.10. The summed E-state index contributed by atoms with van der Waals surface area (Å²) in [5.41, 5.74) is 1.45. The summed E-state index contributed by atoms with van der Waals surface area (Å²) in [5.74, 6) is 0.934. The predicted octanol–water partition coefficient (Wildman–Crippen LogP) is 2.35. The van der Waals surface area contributed by atoms with Crippen LogP contribution in [0.3, 0.4) is 0 Å². The zero-order valence-electron chi connectivity index (χ0n) is 12.3. The normalized spacial score (nSPS) is 32.2. The van der Waals surface area contributed by atoms with Crippen molar-refractivity contribution in [3.05, 3.63) is 21.9 Å². The second-order valence-electron chi connectivity index (χ2n) is 6.60. The van der Waals surface area contributed by atoms with E-state index in [2.05, 4.69) is 28.2 Å². The number of aryl methyl sites for hydroxylation is 1. The molecule has 2 atom stereocenters. The summed E-state index contributed by atoms with van der Waals surface area (Å²) in [6.45, 7) is 8.91. The van der Waals surface area contributed by atoms with Crippen molar-refractivity contribution in [2.45, 2.75) is 38.4 Å². The van der Waals surface area contributed by atoms with Crippen LogP contribution >= 0.6 is 11.3 Å². The van der Waals surface area contributed by atoms with Gasteiger partial charge in [-0.3, -0.25) is 9.80 Å². The highest BCUT2D eigenvalue weighted by Gasteiger charge is 2.42. The molecule has 0 radical (unpaired) electrons. The molecule has 1 aliphatic carbocycles. The van der Waals surface area contributed by atoms with E-state index in [-0.39, 0.29) is 0 Å². The number of hydrogen-bond acceptors (Lipinski definition) is 4. The van der Waals surface area contributed by atoms with Crippen molar-refractivity contribution < 1.29 is 4.74 Å². The van der Waals surface area contributed by atoms with Crippen LogP contribution in [0.4, 0.5) is 0 Å². The van der Waals surface area contributed by atoms with Crippen molar-refractivity contribution in [2.75, 3.05) is 32.8 Å². The second kappa shape index (κ2) is 5.41. The molecule has 2 aliphatic heterocycles. The lowest BCUT2D eigenvalue weighted by atomic mass is 10.0. The molecule has 1 aromatic heterocycles. The van der Waals surface area contributed by atoms with E-state index in [9.17, 15) is 0 Å². The highest BCUT2D eigenvalue weighted by atomic mass is 32.1. The number of nitrogens with zero attached hydrogens (tertiary/aromatic N) is 2. The van der Waals surface area contributed by atoms with Crippen LogP contribution in [0, 0.1) is 12.8 Å². The quantitative estimate of drug-likeness (QED) is 0.850. The molecule has 0 amide bonds. The molecule has 3 fully saturated rings. The van der Waals surface area contributed by atoms with Crippen molar-refractivity contribution in [1.82, 2.24) is 9.80 Å². The van der Waals surface area contributed by atoms with E-state index in [1.165, 1.54) is 42.9 Å². The van der Waals surface area contributed by atoms with Crippen LogP contribution in [0.2, 0.25) is 0 Å². The fraction of sp³-hybridized carbons (Fsp3) is 0.750. The maximum Gasteiger partial charge on any atom is 0.0635 e. The van der Waals surface area contributed by atoms with Crippen molar-refractivity contribution in [1.29, 1.82) is 0 Å². The molecular formula is C16H24N2OS. The number of fused-ring (bicyclic) bond motifs is 1. The second-order valence-corrected chi connectivity index (χ2v) is 7.60. The third-order valence-corrected chi connectivity index (χ3v) is 6.15. The number of rotatable bonds is 3. The van der Waals surface area contributed by atoms with Crippen molar-refractivity contribution in [2.24, 2.45) is 5.92 Å². The van der Waals surface area contributed by atoms with Gasteiger partial charge in [-0.15, -0.1) is 11.3 Å². The number of hydrogen-bond donors (Lipinski definition) is 0. The molecule has 2 saturated heterocycles. The summed E-state index contributed by atoms with van der Waals surface area (Å²) in [5, 5.41) is 2.22. The molecule has 0 unspecified atom stereocenters. The predicted molar refractivity (Wildman–Crippen MR) is 82.2 cm³/mol. The van der Waals surface area contributed by atoms with E-state index in [1.54, 1.807) is 0 Å². The van der Waals surface area contributed by atoms with Gasteiger partial charge in [0, 0.05) is 43.1 Å². The summed E-state index contributed by atoms with van der Waals surface area (Å²) in [6.07, 6.45) is 2.85. The van der Waals surface area contributed by atoms with E-state index in [1.807, 2.05) is 11.3 Å². The fourth-order valence-corrected chi connectivity index (χ4v) is 4.69. The van der Waals surface area contributed by atoms with Crippen LogP contribution in [0.15, 0.2) is 11.4 Å². The van der Waals surface area contributed by atoms with Gasteiger partial charge in [-0.25, -0.2) is 0 Å². The first kappa shape index (κ1) is 13.3. The molecule has 1 saturated carbocycles. The van der Waals surface area contributed by atoms with Gasteiger partial charge in [-0.05, 0) is 42.7 Å². The first-order valence-corrected chi connectivity index (χ1v) is 8.78. The smallest absolute Gasteiger partial charge is 0.0635 e. The van der Waals surface area contributed by atoms with E-state index >= 15 is 0 Å². The molecule has 3 aliphatic rings. The number of piperazine rings is 1. The summed E-state index contributed by atoms with van der Waals surface area (Å²) in [7, 11) is 0. The highest BCUT2D eigenvalue weighted by Crippen LogP contribution is 2.38. The van der Waals surface area contributed by atoms with Crippen molar-refractivity contribution >= 4 is 11.3 Å². The lowest BCUT2D eigenvalue weighted by Gasteiger charge is -2.48. The molecule has 0 bridgehead atoms. The first-order valence-electron chi connectivity index (χ1n) is 7.90. The topological polar surface area (TPSA) is 15.7 Å². The molecule has 4 rings (SSSR count). The lowest BCUT2D eigenvalue weighted by Crippen LogP contribution is -2.62. The maximum absolute atomic E-state index is 5.89. The Morgan fingerprint density at radius 3 is 2.95 bits per heavy atom. The van der Waals surface area contributed by atoms with Gasteiger partial charge in [0.15, 0.2) is 0 Å². The number of morpholine rings is 1. The van der Waals surface area contributed by atoms with Crippen LogP contribution < -0.4 is 0 Å². The zero-order chi connectivity index (χ0) is 13.5. The summed E-state index contributed by atoms with van der Waals surface area (Å²) in [4.78, 5) is 6.92. The number of ether oxygens (including phenoxy) is 1.